The Morgan fingerprint density at radius 3 is 2.83 bits per heavy atom. The van der Waals surface area contributed by atoms with Crippen LogP contribution < -0.4 is 10.6 Å². The first-order valence-corrected chi connectivity index (χ1v) is 3.61. The van der Waals surface area contributed by atoms with Gasteiger partial charge in [-0.05, 0) is 12.1 Å². The summed E-state index contributed by atoms with van der Waals surface area (Å²) in [5.41, 5.74) is 0.690. The maximum atomic E-state index is 9.17. The lowest BCUT2D eigenvalue weighted by molar-refractivity contribution is 0.0524. The molecule has 0 amide bonds. The molecule has 0 aromatic carbocycles. The number of anilines is 2. The Morgan fingerprint density at radius 1 is 1.25 bits per heavy atom. The second-order valence-electron chi connectivity index (χ2n) is 2.58. The quantitative estimate of drug-likeness (QED) is 0.421. The summed E-state index contributed by atoms with van der Waals surface area (Å²) in [6.45, 7) is 0. The van der Waals surface area contributed by atoms with Gasteiger partial charge in [0.2, 0.25) is 0 Å². The predicted molar refractivity (Wildman–Crippen MR) is 43.5 cm³/mol. The highest BCUT2D eigenvalue weighted by molar-refractivity contribution is 5.66. The van der Waals surface area contributed by atoms with Crippen LogP contribution in [-0.2, 0) is 0 Å². The molecule has 5 nitrogen and oxygen atoms in total. The highest BCUT2D eigenvalue weighted by Crippen LogP contribution is 2.23. The number of rotatable bonds is 0. The first-order chi connectivity index (χ1) is 5.77. The first-order valence-electron chi connectivity index (χ1n) is 3.61. The molecule has 4 N–H and O–H groups in total. The summed E-state index contributed by atoms with van der Waals surface area (Å²) in [6.07, 6.45) is -0.383. The van der Waals surface area contributed by atoms with Gasteiger partial charge >= 0.3 is 0 Å². The number of nitrogens with one attached hydrogen (secondary N) is 2. The number of hydrogen-bond donors (Lipinski definition) is 4. The molecule has 2 atom stereocenters. The fraction of sp³-hybridized carbons (Fsp3) is 0.286. The lowest BCUT2D eigenvalue weighted by Crippen LogP contribution is -2.42. The van der Waals surface area contributed by atoms with Gasteiger partial charge in [-0.2, -0.15) is 0 Å². The molecule has 0 saturated heterocycles. The molecule has 1 aromatic rings. The van der Waals surface area contributed by atoms with Gasteiger partial charge in [-0.1, -0.05) is 0 Å². The molecular weight excluding hydrogens is 158 g/mol. The van der Waals surface area contributed by atoms with Crippen LogP contribution in [0.15, 0.2) is 18.3 Å². The van der Waals surface area contributed by atoms with Crippen molar-refractivity contribution in [1.29, 1.82) is 0 Å². The summed E-state index contributed by atoms with van der Waals surface area (Å²) >= 11 is 0. The largest absolute Gasteiger partial charge is 0.369 e. The Morgan fingerprint density at radius 2 is 2.00 bits per heavy atom. The van der Waals surface area contributed by atoms with E-state index in [1.54, 1.807) is 18.3 Å². The Hall–Kier alpha value is -1.33. The van der Waals surface area contributed by atoms with Crippen molar-refractivity contribution in [2.24, 2.45) is 0 Å². The van der Waals surface area contributed by atoms with Crippen LogP contribution >= 0.6 is 0 Å². The summed E-state index contributed by atoms with van der Waals surface area (Å²) in [6, 6.07) is 3.52. The number of aromatic nitrogens is 1. The third-order valence-electron chi connectivity index (χ3n) is 1.69. The number of hydrogen-bond acceptors (Lipinski definition) is 5. The van der Waals surface area contributed by atoms with Crippen LogP contribution in [0.25, 0.3) is 0 Å². The van der Waals surface area contributed by atoms with E-state index in [1.165, 1.54) is 0 Å². The zero-order valence-electron chi connectivity index (χ0n) is 6.23. The van der Waals surface area contributed by atoms with Gasteiger partial charge < -0.3 is 20.8 Å². The van der Waals surface area contributed by atoms with Gasteiger partial charge in [-0.25, -0.2) is 4.98 Å². The molecule has 5 heteroatoms. The molecule has 64 valence electrons. The van der Waals surface area contributed by atoms with Gasteiger partial charge in [0.05, 0.1) is 5.69 Å². The van der Waals surface area contributed by atoms with E-state index < -0.39 is 12.5 Å². The van der Waals surface area contributed by atoms with E-state index in [4.69, 9.17) is 5.11 Å². The van der Waals surface area contributed by atoms with Crippen LogP contribution in [0.5, 0.6) is 0 Å². The number of fused-ring (bicyclic) bond motifs is 1. The molecule has 0 aliphatic carbocycles. The number of pyridine rings is 1. The van der Waals surface area contributed by atoms with Crippen molar-refractivity contribution in [3.05, 3.63) is 18.3 Å². The van der Waals surface area contributed by atoms with E-state index in [0.717, 1.165) is 0 Å². The second kappa shape index (κ2) is 2.62. The van der Waals surface area contributed by atoms with Crippen molar-refractivity contribution < 1.29 is 10.2 Å². The molecule has 1 aliphatic heterocycles. The molecule has 0 bridgehead atoms. The topological polar surface area (TPSA) is 77.4 Å². The molecule has 0 spiro atoms. The molecule has 2 heterocycles. The first kappa shape index (κ1) is 7.33. The summed E-state index contributed by atoms with van der Waals surface area (Å²) in [5.74, 6) is 0.551. The van der Waals surface area contributed by atoms with E-state index in [0.29, 0.717) is 11.5 Å². The van der Waals surface area contributed by atoms with Crippen LogP contribution in [0.4, 0.5) is 11.5 Å². The molecule has 2 unspecified atom stereocenters. The Kier molecular flexibility index (Phi) is 1.60. The molecule has 12 heavy (non-hydrogen) atoms. The summed E-state index contributed by atoms with van der Waals surface area (Å²) in [7, 11) is 0. The van der Waals surface area contributed by atoms with E-state index in [2.05, 4.69) is 15.6 Å². The fourth-order valence-electron chi connectivity index (χ4n) is 1.09. The van der Waals surface area contributed by atoms with Crippen LogP contribution in [0, 0.1) is 0 Å². The van der Waals surface area contributed by atoms with Crippen LogP contribution in [0.3, 0.4) is 0 Å². The average Bonchev–Trinajstić information content (AvgIpc) is 2.07. The highest BCUT2D eigenvalue weighted by atomic mass is 16.4. The SMILES string of the molecule is OC1Nc2cccnc2NC1O. The summed E-state index contributed by atoms with van der Waals surface area (Å²) in [5, 5.41) is 23.7. The van der Waals surface area contributed by atoms with Gasteiger partial charge in [-0.3, -0.25) is 0 Å². The van der Waals surface area contributed by atoms with Crippen LogP contribution in [0.2, 0.25) is 0 Å². The fourth-order valence-corrected chi connectivity index (χ4v) is 1.09. The normalized spacial score (nSPS) is 26.8. The monoisotopic (exact) mass is 167 g/mol. The third kappa shape index (κ3) is 1.09. The van der Waals surface area contributed by atoms with Crippen molar-refractivity contribution in [2.45, 2.75) is 12.5 Å². The maximum Gasteiger partial charge on any atom is 0.171 e. The lowest BCUT2D eigenvalue weighted by atomic mass is 10.3. The molecular formula is C7H9N3O2. The van der Waals surface area contributed by atoms with Gasteiger partial charge in [0.1, 0.15) is 0 Å². The molecule has 1 aromatic heterocycles. The van der Waals surface area contributed by atoms with E-state index >= 15 is 0 Å². The van der Waals surface area contributed by atoms with Gasteiger partial charge in [0, 0.05) is 6.20 Å². The third-order valence-corrected chi connectivity index (χ3v) is 1.69. The summed E-state index contributed by atoms with van der Waals surface area (Å²) in [4.78, 5) is 3.96. The van der Waals surface area contributed by atoms with E-state index in [-0.39, 0.29) is 0 Å². The standard InChI is InChI=1S/C7H9N3O2/c11-6-7(12)10-5-4(9-6)2-1-3-8-5/h1-3,6-7,9,11-12H,(H,8,10). The van der Waals surface area contributed by atoms with Crippen molar-refractivity contribution in [1.82, 2.24) is 4.98 Å². The minimum absolute atomic E-state index is 0.551. The number of nitrogens with zero attached hydrogens (tertiary/aromatic N) is 1. The second-order valence-corrected chi connectivity index (χ2v) is 2.58. The number of aliphatic hydroxyl groups is 2. The Labute approximate surface area is 69.1 Å². The van der Waals surface area contributed by atoms with Crippen molar-refractivity contribution in [3.8, 4) is 0 Å². The zero-order chi connectivity index (χ0) is 8.55. The average molecular weight is 167 g/mol. The highest BCUT2D eigenvalue weighted by Gasteiger charge is 2.23. The van der Waals surface area contributed by atoms with Gasteiger partial charge in [0.25, 0.3) is 0 Å². The molecule has 0 fully saturated rings. The maximum absolute atomic E-state index is 9.17. The zero-order valence-corrected chi connectivity index (χ0v) is 6.23. The molecule has 0 radical (unpaired) electrons. The summed E-state index contributed by atoms with van der Waals surface area (Å²) < 4.78 is 0. The minimum atomic E-state index is -1.01. The van der Waals surface area contributed by atoms with E-state index in [9.17, 15) is 5.11 Å². The van der Waals surface area contributed by atoms with Gasteiger partial charge in [0.15, 0.2) is 18.3 Å². The van der Waals surface area contributed by atoms with Crippen LogP contribution in [0.1, 0.15) is 0 Å². The van der Waals surface area contributed by atoms with Crippen LogP contribution in [-0.4, -0.2) is 27.7 Å². The smallest absolute Gasteiger partial charge is 0.171 e. The van der Waals surface area contributed by atoms with E-state index in [1.807, 2.05) is 0 Å². The Bertz CT molecular complexity index is 263. The van der Waals surface area contributed by atoms with Crippen molar-refractivity contribution in [2.75, 3.05) is 10.6 Å². The van der Waals surface area contributed by atoms with Crippen molar-refractivity contribution in [3.63, 3.8) is 0 Å². The molecule has 2 rings (SSSR count). The number of aliphatic hydroxyl groups excluding tert-OH is 2. The minimum Gasteiger partial charge on any atom is -0.369 e. The van der Waals surface area contributed by atoms with Gasteiger partial charge in [-0.15, -0.1) is 0 Å². The molecule has 0 saturated carbocycles. The molecule has 1 aliphatic rings. The Balaban J connectivity index is 2.34. The van der Waals surface area contributed by atoms with Crippen molar-refractivity contribution >= 4 is 11.5 Å². The predicted octanol–water partition coefficient (Wildman–Crippen LogP) is -0.444. The lowest BCUT2D eigenvalue weighted by Gasteiger charge is -2.28.